The number of rotatable bonds is 2. The molecule has 1 aromatic carbocycles. The predicted molar refractivity (Wildman–Crippen MR) is 70.3 cm³/mol. The van der Waals surface area contributed by atoms with E-state index in [4.69, 9.17) is 4.74 Å². The van der Waals surface area contributed by atoms with E-state index in [2.05, 4.69) is 0 Å². The molecule has 0 unspecified atom stereocenters. The highest BCUT2D eigenvalue weighted by Gasteiger charge is 2.44. The Hall–Kier alpha value is -1.12. The van der Waals surface area contributed by atoms with Crippen LogP contribution in [-0.2, 0) is 14.8 Å². The first kappa shape index (κ1) is 16.3. The first-order valence-electron chi connectivity index (χ1n) is 6.47. The molecule has 1 atom stereocenters. The average molecular weight is 323 g/mol. The van der Waals surface area contributed by atoms with Crippen LogP contribution in [0.25, 0.3) is 0 Å². The first-order chi connectivity index (χ1) is 9.73. The molecule has 118 valence electrons. The summed E-state index contributed by atoms with van der Waals surface area (Å²) in [6.45, 7) is 0.815. The van der Waals surface area contributed by atoms with Crippen molar-refractivity contribution in [2.24, 2.45) is 0 Å². The number of sulfonamides is 1. The zero-order valence-electron chi connectivity index (χ0n) is 11.4. The second-order valence-corrected chi connectivity index (χ2v) is 6.79. The van der Waals surface area contributed by atoms with E-state index in [1.54, 1.807) is 25.1 Å². The summed E-state index contributed by atoms with van der Waals surface area (Å²) < 4.78 is 69.1. The Kier molecular flexibility index (Phi) is 4.60. The van der Waals surface area contributed by atoms with Crippen LogP contribution >= 0.6 is 0 Å². The van der Waals surface area contributed by atoms with Gasteiger partial charge in [0.2, 0.25) is 10.0 Å². The summed E-state index contributed by atoms with van der Waals surface area (Å²) in [6.07, 6.45) is -6.43. The lowest BCUT2D eigenvalue weighted by molar-refractivity contribution is -0.217. The molecule has 2 rings (SSSR count). The Bertz CT molecular complexity index is 601. The number of alkyl halides is 3. The van der Waals surface area contributed by atoms with Crippen molar-refractivity contribution in [2.75, 3.05) is 19.7 Å². The summed E-state index contributed by atoms with van der Waals surface area (Å²) in [4.78, 5) is 0.0350. The first-order valence-corrected chi connectivity index (χ1v) is 7.91. The molecule has 0 N–H and O–H groups in total. The number of hydrogen-bond acceptors (Lipinski definition) is 3. The third-order valence-electron chi connectivity index (χ3n) is 3.32. The largest absolute Gasteiger partial charge is 0.415 e. The van der Waals surface area contributed by atoms with Crippen LogP contribution in [0.2, 0.25) is 0 Å². The average Bonchev–Trinajstić information content (AvgIpc) is 2.64. The molecule has 0 radical (unpaired) electrons. The lowest BCUT2D eigenvalue weighted by atomic mass is 10.2. The smallest absolute Gasteiger partial charge is 0.367 e. The van der Waals surface area contributed by atoms with E-state index in [9.17, 15) is 21.6 Å². The summed E-state index contributed by atoms with van der Waals surface area (Å²) >= 11 is 0. The van der Waals surface area contributed by atoms with Gasteiger partial charge < -0.3 is 4.74 Å². The maximum Gasteiger partial charge on any atom is 0.415 e. The van der Waals surface area contributed by atoms with Crippen LogP contribution < -0.4 is 0 Å². The van der Waals surface area contributed by atoms with Crippen molar-refractivity contribution in [2.45, 2.75) is 30.5 Å². The van der Waals surface area contributed by atoms with Gasteiger partial charge in [-0.1, -0.05) is 18.2 Å². The van der Waals surface area contributed by atoms with Crippen molar-refractivity contribution < 1.29 is 26.3 Å². The van der Waals surface area contributed by atoms with Crippen molar-refractivity contribution in [1.82, 2.24) is 4.31 Å². The van der Waals surface area contributed by atoms with Gasteiger partial charge in [0.1, 0.15) is 0 Å². The summed E-state index contributed by atoms with van der Waals surface area (Å²) in [6, 6.07) is 6.25. The lowest BCUT2D eigenvalue weighted by Crippen LogP contribution is -2.43. The zero-order valence-corrected chi connectivity index (χ0v) is 12.2. The summed E-state index contributed by atoms with van der Waals surface area (Å²) in [7, 11) is -3.96. The number of nitrogens with zero attached hydrogens (tertiary/aromatic N) is 1. The second-order valence-electron chi connectivity index (χ2n) is 4.88. The van der Waals surface area contributed by atoms with E-state index in [-0.39, 0.29) is 24.5 Å². The topological polar surface area (TPSA) is 46.6 Å². The maximum absolute atomic E-state index is 12.8. The molecule has 21 heavy (non-hydrogen) atoms. The van der Waals surface area contributed by atoms with Crippen LogP contribution in [0.4, 0.5) is 13.2 Å². The van der Waals surface area contributed by atoms with Crippen LogP contribution in [0.5, 0.6) is 0 Å². The normalized spacial score (nSPS) is 22.0. The van der Waals surface area contributed by atoms with Gasteiger partial charge in [-0.05, 0) is 25.0 Å². The molecule has 1 fully saturated rings. The van der Waals surface area contributed by atoms with Crippen molar-refractivity contribution in [3.63, 3.8) is 0 Å². The molecule has 1 aliphatic rings. The number of benzene rings is 1. The third-order valence-corrected chi connectivity index (χ3v) is 5.34. The highest BCUT2D eigenvalue weighted by Crippen LogP contribution is 2.28. The van der Waals surface area contributed by atoms with Gasteiger partial charge in [-0.25, -0.2) is 8.42 Å². The van der Waals surface area contributed by atoms with E-state index in [0.717, 1.165) is 4.31 Å². The van der Waals surface area contributed by atoms with Gasteiger partial charge in [0, 0.05) is 19.7 Å². The minimum atomic E-state index is -4.58. The van der Waals surface area contributed by atoms with Crippen LogP contribution in [-0.4, -0.2) is 44.7 Å². The van der Waals surface area contributed by atoms with Gasteiger partial charge >= 0.3 is 6.18 Å². The highest BCUT2D eigenvalue weighted by molar-refractivity contribution is 7.89. The zero-order chi connectivity index (χ0) is 15.7. The Morgan fingerprint density at radius 3 is 2.57 bits per heavy atom. The second kappa shape index (κ2) is 5.94. The SMILES string of the molecule is Cc1ccccc1S(=O)(=O)N1CCCO[C@@H](C(F)(F)F)C1. The number of hydrogen-bond donors (Lipinski definition) is 0. The van der Waals surface area contributed by atoms with Crippen molar-refractivity contribution >= 4 is 10.0 Å². The summed E-state index contributed by atoms with van der Waals surface area (Å²) in [5.41, 5.74) is 0.506. The van der Waals surface area contributed by atoms with E-state index in [1.165, 1.54) is 6.07 Å². The Morgan fingerprint density at radius 2 is 1.95 bits per heavy atom. The van der Waals surface area contributed by atoms with Crippen LogP contribution in [0.3, 0.4) is 0 Å². The van der Waals surface area contributed by atoms with Gasteiger partial charge in [-0.15, -0.1) is 0 Å². The molecule has 1 saturated heterocycles. The van der Waals surface area contributed by atoms with E-state index >= 15 is 0 Å². The lowest BCUT2D eigenvalue weighted by Gasteiger charge is -2.25. The van der Waals surface area contributed by atoms with Crippen LogP contribution in [0, 0.1) is 6.92 Å². The van der Waals surface area contributed by atoms with Crippen LogP contribution in [0.15, 0.2) is 29.2 Å². The fraction of sp³-hybridized carbons (Fsp3) is 0.538. The van der Waals surface area contributed by atoms with Crippen LogP contribution in [0.1, 0.15) is 12.0 Å². The minimum absolute atomic E-state index is 0.0171. The Morgan fingerprint density at radius 1 is 1.29 bits per heavy atom. The van der Waals surface area contributed by atoms with Gasteiger partial charge in [0.15, 0.2) is 6.10 Å². The molecule has 0 bridgehead atoms. The third kappa shape index (κ3) is 3.56. The number of ether oxygens (including phenoxy) is 1. The number of aryl methyl sites for hydroxylation is 1. The van der Waals surface area contributed by atoms with Crippen molar-refractivity contribution in [3.8, 4) is 0 Å². The molecule has 0 aromatic heterocycles. The van der Waals surface area contributed by atoms with E-state index in [0.29, 0.717) is 5.56 Å². The van der Waals surface area contributed by atoms with Gasteiger partial charge in [-0.2, -0.15) is 17.5 Å². The maximum atomic E-state index is 12.8. The predicted octanol–water partition coefficient (Wildman–Crippen LogP) is 2.34. The fourth-order valence-electron chi connectivity index (χ4n) is 2.20. The molecule has 0 amide bonds. The standard InChI is InChI=1S/C13H16F3NO3S/c1-10-5-2-3-6-11(10)21(18,19)17-7-4-8-20-12(9-17)13(14,15)16/h2-3,5-6,12H,4,7-9H2,1H3/t12-/m1/s1. The van der Waals surface area contributed by atoms with Gasteiger partial charge in [0.05, 0.1) is 4.90 Å². The summed E-state index contributed by atoms with van der Waals surface area (Å²) in [5.74, 6) is 0. The molecule has 8 heteroatoms. The monoisotopic (exact) mass is 323 g/mol. The van der Waals surface area contributed by atoms with Crippen molar-refractivity contribution in [3.05, 3.63) is 29.8 Å². The molecule has 1 aromatic rings. The molecular formula is C13H16F3NO3S. The molecule has 0 spiro atoms. The molecule has 1 aliphatic heterocycles. The molecule has 4 nitrogen and oxygen atoms in total. The fourth-order valence-corrected chi connectivity index (χ4v) is 3.90. The van der Waals surface area contributed by atoms with E-state index < -0.39 is 28.8 Å². The summed E-state index contributed by atoms with van der Waals surface area (Å²) in [5, 5.41) is 0. The quantitative estimate of drug-likeness (QED) is 0.839. The minimum Gasteiger partial charge on any atom is -0.367 e. The Balaban J connectivity index is 2.33. The number of halogens is 3. The molecule has 0 saturated carbocycles. The molecule has 1 heterocycles. The van der Waals surface area contributed by atoms with Crippen molar-refractivity contribution in [1.29, 1.82) is 0 Å². The Labute approximate surface area is 121 Å². The van der Waals surface area contributed by atoms with Gasteiger partial charge in [0.25, 0.3) is 0 Å². The molecular weight excluding hydrogens is 307 g/mol. The van der Waals surface area contributed by atoms with E-state index in [1.807, 2.05) is 0 Å². The highest BCUT2D eigenvalue weighted by atomic mass is 32.2. The molecule has 0 aliphatic carbocycles. The van der Waals surface area contributed by atoms with Gasteiger partial charge in [-0.3, -0.25) is 0 Å².